The van der Waals surface area contributed by atoms with Gasteiger partial charge in [-0.3, -0.25) is 4.79 Å². The summed E-state index contributed by atoms with van der Waals surface area (Å²) in [6, 6.07) is 15.0. The fourth-order valence-electron chi connectivity index (χ4n) is 4.39. The SMILES string of the molecule is CC1(C)CC(=O)C2=C(C1)Nc1nc(SCc3ccccc3Cl)nn1C2c1ccccc1Cl. The van der Waals surface area contributed by atoms with Gasteiger partial charge in [0.2, 0.25) is 11.1 Å². The minimum Gasteiger partial charge on any atom is -0.328 e. The van der Waals surface area contributed by atoms with Crippen molar-refractivity contribution in [1.82, 2.24) is 14.8 Å². The number of Topliss-reactive ketones (excluding diaryl/α,β-unsaturated/α-hetero) is 1. The van der Waals surface area contributed by atoms with Gasteiger partial charge in [0.1, 0.15) is 6.04 Å². The molecule has 0 spiro atoms. The quantitative estimate of drug-likeness (QED) is 0.426. The second-order valence-electron chi connectivity index (χ2n) is 8.92. The molecule has 2 aliphatic rings. The number of fused-ring (bicyclic) bond motifs is 1. The standard InChI is InChI=1S/C24H22Cl2N4OS/c1-24(2)11-18-20(19(31)12-24)21(15-8-4-6-10-17(15)26)30-22(27-18)28-23(29-30)32-13-14-7-3-5-9-16(14)25/h3-10,21H,11-13H2,1-2H3,(H,27,28,29). The summed E-state index contributed by atoms with van der Waals surface area (Å²) in [6.07, 6.45) is 1.26. The van der Waals surface area contributed by atoms with Crippen LogP contribution in [0.3, 0.4) is 0 Å². The molecule has 32 heavy (non-hydrogen) atoms. The van der Waals surface area contributed by atoms with Crippen LogP contribution in [0.15, 0.2) is 65.0 Å². The normalized spacial score (nSPS) is 19.4. The van der Waals surface area contributed by atoms with E-state index in [1.165, 1.54) is 11.8 Å². The van der Waals surface area contributed by atoms with Crippen LogP contribution >= 0.6 is 35.0 Å². The Balaban J connectivity index is 1.55. The Labute approximate surface area is 201 Å². The van der Waals surface area contributed by atoms with Gasteiger partial charge in [-0.25, -0.2) is 4.68 Å². The highest BCUT2D eigenvalue weighted by Gasteiger charge is 2.42. The fraction of sp³-hybridized carbons (Fsp3) is 0.292. The average molecular weight is 485 g/mol. The third kappa shape index (κ3) is 3.96. The second kappa shape index (κ2) is 8.25. The van der Waals surface area contributed by atoms with Gasteiger partial charge < -0.3 is 5.32 Å². The van der Waals surface area contributed by atoms with Gasteiger partial charge >= 0.3 is 0 Å². The van der Waals surface area contributed by atoms with Crippen LogP contribution in [-0.2, 0) is 10.5 Å². The van der Waals surface area contributed by atoms with E-state index >= 15 is 0 Å². The maximum Gasteiger partial charge on any atom is 0.227 e. The number of allylic oxidation sites excluding steroid dienone is 2. The first-order valence-electron chi connectivity index (χ1n) is 10.4. The zero-order chi connectivity index (χ0) is 22.5. The van der Waals surface area contributed by atoms with Crippen molar-refractivity contribution in [2.24, 2.45) is 5.41 Å². The Hall–Kier alpha value is -2.28. The summed E-state index contributed by atoms with van der Waals surface area (Å²) in [6.45, 7) is 4.23. The maximum atomic E-state index is 13.3. The number of ketones is 1. The van der Waals surface area contributed by atoms with Crippen molar-refractivity contribution in [2.45, 2.75) is 43.6 Å². The smallest absolute Gasteiger partial charge is 0.227 e. The molecule has 0 saturated carbocycles. The number of aromatic nitrogens is 3. The number of halogens is 2. The van der Waals surface area contributed by atoms with Crippen LogP contribution in [0.1, 0.15) is 43.9 Å². The Bertz CT molecular complexity index is 1250. The van der Waals surface area contributed by atoms with E-state index in [0.717, 1.165) is 33.8 Å². The molecule has 2 aromatic carbocycles. The van der Waals surface area contributed by atoms with Crippen LogP contribution < -0.4 is 5.32 Å². The molecule has 1 N–H and O–H groups in total. The highest BCUT2D eigenvalue weighted by molar-refractivity contribution is 7.98. The average Bonchev–Trinajstić information content (AvgIpc) is 3.14. The lowest BCUT2D eigenvalue weighted by molar-refractivity contribution is -0.118. The van der Waals surface area contributed by atoms with Crippen molar-refractivity contribution in [3.05, 3.63) is 81.0 Å². The zero-order valence-electron chi connectivity index (χ0n) is 17.7. The molecule has 1 atom stereocenters. The van der Waals surface area contributed by atoms with E-state index in [2.05, 4.69) is 19.2 Å². The number of carbonyl (C=O) groups excluding carboxylic acids is 1. The number of anilines is 1. The predicted octanol–water partition coefficient (Wildman–Crippen LogP) is 6.54. The van der Waals surface area contributed by atoms with Crippen LogP contribution in [-0.4, -0.2) is 20.5 Å². The number of hydrogen-bond donors (Lipinski definition) is 1. The van der Waals surface area contributed by atoms with E-state index in [1.54, 1.807) is 4.68 Å². The number of hydrogen-bond acceptors (Lipinski definition) is 5. The highest BCUT2D eigenvalue weighted by atomic mass is 35.5. The largest absolute Gasteiger partial charge is 0.328 e. The van der Waals surface area contributed by atoms with Crippen LogP contribution in [0.25, 0.3) is 0 Å². The molecule has 0 bridgehead atoms. The number of rotatable bonds is 4. The molecule has 1 aliphatic carbocycles. The van der Waals surface area contributed by atoms with E-state index in [-0.39, 0.29) is 11.2 Å². The molecule has 3 aromatic rings. The van der Waals surface area contributed by atoms with Crippen LogP contribution in [0, 0.1) is 5.41 Å². The molecule has 2 heterocycles. The Morgan fingerprint density at radius 1 is 1.09 bits per heavy atom. The van der Waals surface area contributed by atoms with Crippen LogP contribution in [0.2, 0.25) is 10.0 Å². The van der Waals surface area contributed by atoms with Gasteiger partial charge in [0.15, 0.2) is 5.78 Å². The van der Waals surface area contributed by atoms with Crippen molar-refractivity contribution in [2.75, 3.05) is 5.32 Å². The molecule has 5 rings (SSSR count). The van der Waals surface area contributed by atoms with Crippen LogP contribution in [0.4, 0.5) is 5.95 Å². The van der Waals surface area contributed by atoms with Gasteiger partial charge in [0.05, 0.1) is 0 Å². The van der Waals surface area contributed by atoms with Gasteiger partial charge in [-0.05, 0) is 29.5 Å². The lowest BCUT2D eigenvalue weighted by Gasteiger charge is -2.38. The summed E-state index contributed by atoms with van der Waals surface area (Å²) in [4.78, 5) is 18.0. The molecule has 5 nitrogen and oxygen atoms in total. The van der Waals surface area contributed by atoms with E-state index in [0.29, 0.717) is 28.3 Å². The van der Waals surface area contributed by atoms with Crippen molar-refractivity contribution < 1.29 is 4.79 Å². The monoisotopic (exact) mass is 484 g/mol. The number of carbonyl (C=O) groups is 1. The van der Waals surface area contributed by atoms with Gasteiger partial charge in [-0.15, -0.1) is 5.10 Å². The Kier molecular flexibility index (Phi) is 5.56. The van der Waals surface area contributed by atoms with E-state index in [1.807, 2.05) is 48.5 Å². The molecular weight excluding hydrogens is 463 g/mol. The fourth-order valence-corrected chi connectivity index (χ4v) is 5.75. The molecule has 1 unspecified atom stereocenters. The lowest BCUT2D eigenvalue weighted by Crippen LogP contribution is -2.36. The molecule has 0 saturated heterocycles. The number of thioether (sulfide) groups is 1. The van der Waals surface area contributed by atoms with Gasteiger partial charge in [-0.1, -0.05) is 85.2 Å². The van der Waals surface area contributed by atoms with Crippen molar-refractivity contribution in [3.8, 4) is 0 Å². The third-order valence-corrected chi connectivity index (χ3v) is 7.43. The van der Waals surface area contributed by atoms with Crippen molar-refractivity contribution in [1.29, 1.82) is 0 Å². The molecule has 164 valence electrons. The summed E-state index contributed by atoms with van der Waals surface area (Å²) < 4.78 is 1.80. The second-order valence-corrected chi connectivity index (χ2v) is 10.7. The summed E-state index contributed by atoms with van der Waals surface area (Å²) in [5.41, 5.74) is 3.41. The number of nitrogens with zero attached hydrogens (tertiary/aromatic N) is 3. The molecule has 1 aromatic heterocycles. The van der Waals surface area contributed by atoms with Crippen LogP contribution in [0.5, 0.6) is 0 Å². The first kappa shape index (κ1) is 21.6. The Morgan fingerprint density at radius 3 is 2.56 bits per heavy atom. The first-order chi connectivity index (χ1) is 15.3. The van der Waals surface area contributed by atoms with Gasteiger partial charge in [-0.2, -0.15) is 4.98 Å². The minimum absolute atomic E-state index is 0.113. The van der Waals surface area contributed by atoms with Crippen molar-refractivity contribution >= 4 is 46.7 Å². The minimum atomic E-state index is -0.402. The number of nitrogens with one attached hydrogen (secondary N) is 1. The zero-order valence-corrected chi connectivity index (χ0v) is 20.1. The molecule has 1 aliphatic heterocycles. The predicted molar refractivity (Wildman–Crippen MR) is 129 cm³/mol. The van der Waals surface area contributed by atoms with E-state index in [4.69, 9.17) is 33.3 Å². The highest BCUT2D eigenvalue weighted by Crippen LogP contribution is 2.46. The summed E-state index contributed by atoms with van der Waals surface area (Å²) in [5.74, 6) is 1.40. The number of benzene rings is 2. The molecule has 0 amide bonds. The molecular formula is C24H22Cl2N4OS. The summed E-state index contributed by atoms with van der Waals surface area (Å²) >= 11 is 14.4. The Morgan fingerprint density at radius 2 is 1.81 bits per heavy atom. The van der Waals surface area contributed by atoms with E-state index in [9.17, 15) is 4.79 Å². The summed E-state index contributed by atoms with van der Waals surface area (Å²) in [7, 11) is 0. The molecule has 8 heteroatoms. The first-order valence-corrected chi connectivity index (χ1v) is 12.2. The van der Waals surface area contributed by atoms with Crippen molar-refractivity contribution in [3.63, 3.8) is 0 Å². The lowest BCUT2D eigenvalue weighted by atomic mass is 9.73. The van der Waals surface area contributed by atoms with E-state index < -0.39 is 6.04 Å². The topological polar surface area (TPSA) is 59.8 Å². The van der Waals surface area contributed by atoms with Gasteiger partial charge in [0.25, 0.3) is 0 Å². The molecule has 0 fully saturated rings. The summed E-state index contributed by atoms with van der Waals surface area (Å²) in [5, 5.41) is 10.1. The van der Waals surface area contributed by atoms with Gasteiger partial charge in [0, 0.05) is 39.1 Å². The third-order valence-electron chi connectivity index (χ3n) is 5.83. The maximum absolute atomic E-state index is 13.3. The molecule has 0 radical (unpaired) electrons.